The molecule has 98 valence electrons. The summed E-state index contributed by atoms with van der Waals surface area (Å²) < 4.78 is 0. The summed E-state index contributed by atoms with van der Waals surface area (Å²) in [6.07, 6.45) is 2.61. The maximum Gasteiger partial charge on any atom is 0.227 e. The van der Waals surface area contributed by atoms with Crippen molar-refractivity contribution < 1.29 is 9.90 Å². The lowest BCUT2D eigenvalue weighted by atomic mass is 10.0. The molecule has 0 bridgehead atoms. The summed E-state index contributed by atoms with van der Waals surface area (Å²) in [7, 11) is 1.94. The number of phenolic OH excluding ortho intramolecular Hbond substituents is 1. The molecule has 1 amide bonds. The van der Waals surface area contributed by atoms with Crippen LogP contribution in [0.4, 0.5) is 0 Å². The average Bonchev–Trinajstić information content (AvgIpc) is 2.41. The molecule has 4 heteroatoms. The van der Waals surface area contributed by atoms with Crippen LogP contribution in [-0.4, -0.2) is 42.1 Å². The molecule has 0 spiro atoms. The highest BCUT2D eigenvalue weighted by atomic mass is 16.3. The van der Waals surface area contributed by atoms with E-state index in [2.05, 4.69) is 5.32 Å². The Morgan fingerprint density at radius 1 is 1.44 bits per heavy atom. The third-order valence-electron chi connectivity index (χ3n) is 3.47. The van der Waals surface area contributed by atoms with Crippen LogP contribution in [0.1, 0.15) is 18.4 Å². The zero-order valence-electron chi connectivity index (χ0n) is 10.7. The van der Waals surface area contributed by atoms with Gasteiger partial charge >= 0.3 is 0 Å². The third kappa shape index (κ3) is 3.23. The molecule has 1 fully saturated rings. The van der Waals surface area contributed by atoms with E-state index >= 15 is 0 Å². The molecule has 4 nitrogen and oxygen atoms in total. The number of rotatable bonds is 3. The van der Waals surface area contributed by atoms with Gasteiger partial charge in [0.15, 0.2) is 0 Å². The highest BCUT2D eigenvalue weighted by Crippen LogP contribution is 2.14. The van der Waals surface area contributed by atoms with Gasteiger partial charge in [-0.15, -0.1) is 0 Å². The quantitative estimate of drug-likeness (QED) is 0.843. The summed E-state index contributed by atoms with van der Waals surface area (Å²) in [5, 5.41) is 12.4. The Labute approximate surface area is 108 Å². The fourth-order valence-electron chi connectivity index (χ4n) is 2.34. The molecule has 1 atom stereocenters. The zero-order chi connectivity index (χ0) is 13.0. The second kappa shape index (κ2) is 5.87. The van der Waals surface area contributed by atoms with Crippen LogP contribution >= 0.6 is 0 Å². The minimum Gasteiger partial charge on any atom is -0.508 e. The van der Waals surface area contributed by atoms with Crippen LogP contribution in [0.5, 0.6) is 5.75 Å². The van der Waals surface area contributed by atoms with E-state index in [-0.39, 0.29) is 11.7 Å². The van der Waals surface area contributed by atoms with E-state index in [1.807, 2.05) is 11.9 Å². The van der Waals surface area contributed by atoms with Crippen molar-refractivity contribution in [2.24, 2.45) is 0 Å². The monoisotopic (exact) mass is 248 g/mol. The number of nitrogens with one attached hydrogen (secondary N) is 1. The summed E-state index contributed by atoms with van der Waals surface area (Å²) in [5.74, 6) is 0.403. The molecule has 1 aliphatic heterocycles. The number of hydrogen-bond donors (Lipinski definition) is 2. The van der Waals surface area contributed by atoms with Crippen LogP contribution in [0.2, 0.25) is 0 Å². The number of carbonyl (C=O) groups is 1. The van der Waals surface area contributed by atoms with E-state index in [0.29, 0.717) is 12.5 Å². The van der Waals surface area contributed by atoms with Crippen LogP contribution < -0.4 is 5.32 Å². The molecule has 1 aromatic rings. The molecule has 0 aliphatic carbocycles. The van der Waals surface area contributed by atoms with Gasteiger partial charge in [-0.1, -0.05) is 12.1 Å². The molecule has 0 saturated carbocycles. The lowest BCUT2D eigenvalue weighted by Gasteiger charge is -2.32. The Kier molecular flexibility index (Phi) is 4.20. The third-order valence-corrected chi connectivity index (χ3v) is 3.47. The van der Waals surface area contributed by atoms with E-state index in [1.165, 1.54) is 0 Å². The zero-order valence-corrected chi connectivity index (χ0v) is 10.7. The van der Waals surface area contributed by atoms with E-state index < -0.39 is 0 Å². The number of likely N-dealkylation sites (N-methyl/N-ethyl adjacent to an activating group) is 1. The van der Waals surface area contributed by atoms with Gasteiger partial charge in [0.05, 0.1) is 6.42 Å². The van der Waals surface area contributed by atoms with Crippen molar-refractivity contribution >= 4 is 5.91 Å². The first-order valence-electron chi connectivity index (χ1n) is 6.42. The van der Waals surface area contributed by atoms with Crippen LogP contribution in [0.25, 0.3) is 0 Å². The first-order chi connectivity index (χ1) is 8.69. The lowest BCUT2D eigenvalue weighted by Crippen LogP contribution is -2.47. The topological polar surface area (TPSA) is 52.6 Å². The molecule has 1 aliphatic rings. The van der Waals surface area contributed by atoms with Crippen molar-refractivity contribution in [3.63, 3.8) is 0 Å². The number of aromatic hydroxyl groups is 1. The van der Waals surface area contributed by atoms with Crippen LogP contribution in [0.15, 0.2) is 24.3 Å². The first-order valence-corrected chi connectivity index (χ1v) is 6.42. The van der Waals surface area contributed by atoms with Gasteiger partial charge in [-0.25, -0.2) is 0 Å². The summed E-state index contributed by atoms with van der Waals surface area (Å²) in [5.41, 5.74) is 0.949. The minimum atomic E-state index is 0.167. The highest BCUT2D eigenvalue weighted by Gasteiger charge is 2.22. The van der Waals surface area contributed by atoms with Gasteiger partial charge in [0, 0.05) is 19.1 Å². The first kappa shape index (κ1) is 12.9. The summed E-state index contributed by atoms with van der Waals surface area (Å²) >= 11 is 0. The smallest absolute Gasteiger partial charge is 0.227 e. The Morgan fingerprint density at radius 2 is 2.17 bits per heavy atom. The summed E-state index contributed by atoms with van der Waals surface area (Å²) in [6.45, 7) is 1.66. The second-order valence-electron chi connectivity index (χ2n) is 4.81. The number of likely N-dealkylation sites (tertiary alicyclic amines) is 1. The van der Waals surface area contributed by atoms with E-state index in [9.17, 15) is 9.90 Å². The number of benzene rings is 1. The molecule has 1 heterocycles. The van der Waals surface area contributed by atoms with E-state index in [4.69, 9.17) is 0 Å². The van der Waals surface area contributed by atoms with E-state index in [1.54, 1.807) is 24.3 Å². The van der Waals surface area contributed by atoms with Crippen molar-refractivity contribution in [2.45, 2.75) is 25.3 Å². The van der Waals surface area contributed by atoms with E-state index in [0.717, 1.165) is 31.5 Å². The van der Waals surface area contributed by atoms with Crippen molar-refractivity contribution in [1.29, 1.82) is 0 Å². The molecule has 0 aromatic heterocycles. The SMILES string of the molecule is CNC1CCCN(C(=O)Cc2ccc(O)cc2)C1. The molecule has 18 heavy (non-hydrogen) atoms. The van der Waals surface area contributed by atoms with Crippen molar-refractivity contribution in [3.8, 4) is 5.75 Å². The largest absolute Gasteiger partial charge is 0.508 e. The maximum atomic E-state index is 12.1. The maximum absolute atomic E-state index is 12.1. The predicted molar refractivity (Wildman–Crippen MR) is 70.5 cm³/mol. The molecule has 1 saturated heterocycles. The Balaban J connectivity index is 1.93. The fourth-order valence-corrected chi connectivity index (χ4v) is 2.34. The van der Waals surface area contributed by atoms with Gasteiger partial charge < -0.3 is 15.3 Å². The number of amides is 1. The molecular weight excluding hydrogens is 228 g/mol. The number of nitrogens with zero attached hydrogens (tertiary/aromatic N) is 1. The molecule has 2 rings (SSSR count). The number of phenols is 1. The van der Waals surface area contributed by atoms with Gasteiger partial charge in [-0.05, 0) is 37.6 Å². The number of carbonyl (C=O) groups excluding carboxylic acids is 1. The Bertz CT molecular complexity index is 403. The van der Waals surface area contributed by atoms with Gasteiger partial charge in [-0.2, -0.15) is 0 Å². The van der Waals surface area contributed by atoms with Crippen LogP contribution in [0.3, 0.4) is 0 Å². The number of piperidine rings is 1. The molecule has 1 unspecified atom stereocenters. The van der Waals surface area contributed by atoms with Gasteiger partial charge in [0.2, 0.25) is 5.91 Å². The molecule has 1 aromatic carbocycles. The minimum absolute atomic E-state index is 0.167. The molecular formula is C14H20N2O2. The highest BCUT2D eigenvalue weighted by molar-refractivity contribution is 5.79. The molecule has 0 radical (unpaired) electrons. The second-order valence-corrected chi connectivity index (χ2v) is 4.81. The van der Waals surface area contributed by atoms with Crippen LogP contribution in [0, 0.1) is 0 Å². The normalized spacial score (nSPS) is 19.8. The van der Waals surface area contributed by atoms with Crippen molar-refractivity contribution in [1.82, 2.24) is 10.2 Å². The summed E-state index contributed by atoms with van der Waals surface area (Å²) in [4.78, 5) is 14.1. The predicted octanol–water partition coefficient (Wildman–Crippen LogP) is 1.15. The Hall–Kier alpha value is -1.55. The summed E-state index contributed by atoms with van der Waals surface area (Å²) in [6, 6.07) is 7.26. The number of hydrogen-bond acceptors (Lipinski definition) is 3. The lowest BCUT2D eigenvalue weighted by molar-refractivity contribution is -0.131. The molecule has 2 N–H and O–H groups in total. The average molecular weight is 248 g/mol. The van der Waals surface area contributed by atoms with Gasteiger partial charge in [0.1, 0.15) is 5.75 Å². The standard InChI is InChI=1S/C14H20N2O2/c1-15-12-3-2-8-16(10-12)14(18)9-11-4-6-13(17)7-5-11/h4-7,12,15,17H,2-3,8-10H2,1H3. The fraction of sp³-hybridized carbons (Fsp3) is 0.500. The van der Waals surface area contributed by atoms with Gasteiger partial charge in [-0.3, -0.25) is 4.79 Å². The van der Waals surface area contributed by atoms with Crippen molar-refractivity contribution in [3.05, 3.63) is 29.8 Å². The van der Waals surface area contributed by atoms with Gasteiger partial charge in [0.25, 0.3) is 0 Å². The van der Waals surface area contributed by atoms with Crippen LogP contribution in [-0.2, 0) is 11.2 Å². The Morgan fingerprint density at radius 3 is 2.83 bits per heavy atom. The van der Waals surface area contributed by atoms with Crippen molar-refractivity contribution in [2.75, 3.05) is 20.1 Å².